The number of nitrogens with zero attached hydrogens (tertiary/aromatic N) is 1. The maximum atomic E-state index is 13.4. The molecule has 1 amide bonds. The molecule has 0 aliphatic rings. The number of hydrogen-bond donors (Lipinski definition) is 1. The molecule has 0 saturated heterocycles. The van der Waals surface area contributed by atoms with E-state index in [1.807, 2.05) is 4.90 Å². The van der Waals surface area contributed by atoms with Crippen molar-refractivity contribution >= 4 is 27.3 Å². The van der Waals surface area contributed by atoms with Crippen LogP contribution >= 0.6 is 11.6 Å². The summed E-state index contributed by atoms with van der Waals surface area (Å²) in [6, 6.07) is 14.1. The summed E-state index contributed by atoms with van der Waals surface area (Å²) in [5.74, 6) is -0.379. The predicted octanol–water partition coefficient (Wildman–Crippen LogP) is 6.01. The van der Waals surface area contributed by atoms with Crippen molar-refractivity contribution in [1.29, 1.82) is 0 Å². The Morgan fingerprint density at radius 1 is 1.02 bits per heavy atom. The molecule has 0 aromatic heterocycles. The van der Waals surface area contributed by atoms with Gasteiger partial charge in [0.05, 0.1) is 22.1 Å². The zero-order valence-corrected chi connectivity index (χ0v) is 23.5. The van der Waals surface area contributed by atoms with E-state index in [0.717, 1.165) is 17.9 Å². The average Bonchev–Trinajstić information content (AvgIpc) is 2.86. The topological polar surface area (TPSA) is 75.7 Å². The van der Waals surface area contributed by atoms with E-state index in [0.29, 0.717) is 36.4 Å². The average molecular weight is 601 g/mol. The van der Waals surface area contributed by atoms with Gasteiger partial charge in [-0.1, -0.05) is 41.9 Å². The number of hydrogen-bond acceptors (Lipinski definition) is 5. The van der Waals surface area contributed by atoms with Gasteiger partial charge in [0.25, 0.3) is 0 Å². The molecular formula is C28H29ClF4N2O4S. The van der Waals surface area contributed by atoms with E-state index in [9.17, 15) is 30.8 Å². The van der Waals surface area contributed by atoms with E-state index < -0.39 is 27.4 Å². The molecule has 216 valence electrons. The van der Waals surface area contributed by atoms with Crippen LogP contribution in [0.2, 0.25) is 5.02 Å². The van der Waals surface area contributed by atoms with Crippen LogP contribution < -0.4 is 10.1 Å². The highest BCUT2D eigenvalue weighted by atomic mass is 35.5. The van der Waals surface area contributed by atoms with Crippen LogP contribution in [-0.4, -0.2) is 38.6 Å². The zero-order valence-electron chi connectivity index (χ0n) is 21.9. The quantitative estimate of drug-likeness (QED) is 0.204. The molecule has 0 radical (unpaired) electrons. The third-order valence-electron chi connectivity index (χ3n) is 5.95. The van der Waals surface area contributed by atoms with Crippen LogP contribution in [0.15, 0.2) is 65.6 Å². The van der Waals surface area contributed by atoms with Crippen LogP contribution in [0.1, 0.15) is 35.6 Å². The molecule has 3 rings (SSSR count). The molecule has 0 spiro atoms. The van der Waals surface area contributed by atoms with E-state index in [1.165, 1.54) is 37.3 Å². The number of carbonyl (C=O) groups is 1. The second-order valence-electron chi connectivity index (χ2n) is 9.27. The number of halogens is 5. The Hall–Kier alpha value is -3.15. The third-order valence-corrected chi connectivity index (χ3v) is 7.58. The number of ether oxygens (including phenoxy) is 1. The van der Waals surface area contributed by atoms with Crippen LogP contribution in [0, 0.1) is 5.82 Å². The third kappa shape index (κ3) is 9.21. The summed E-state index contributed by atoms with van der Waals surface area (Å²) in [5, 5.41) is 2.20. The standard InChI is InChI=1S/C28H29ClF4N2O4S/c1-19(36)34-16-21-9-12-24(15-26(21)40(2,37)38)39-14-4-13-35(17-20-7-10-23(30)11-8-20)18-22-5-3-6-25(27(22)29)28(31,32)33/h3,5-12,15H,4,13-14,16-18H2,1-2H3,(H,34,36). The number of sulfone groups is 1. The molecular weight excluding hydrogens is 572 g/mol. The van der Waals surface area contributed by atoms with Gasteiger partial charge < -0.3 is 10.1 Å². The second-order valence-corrected chi connectivity index (χ2v) is 11.6. The summed E-state index contributed by atoms with van der Waals surface area (Å²) in [4.78, 5) is 13.1. The first-order valence-corrected chi connectivity index (χ1v) is 14.5. The lowest BCUT2D eigenvalue weighted by Crippen LogP contribution is -2.26. The SMILES string of the molecule is CC(=O)NCc1ccc(OCCCN(Cc2ccc(F)cc2)Cc2cccc(C(F)(F)F)c2Cl)cc1S(C)(=O)=O. The van der Waals surface area contributed by atoms with Crippen molar-refractivity contribution in [2.75, 3.05) is 19.4 Å². The largest absolute Gasteiger partial charge is 0.494 e. The van der Waals surface area contributed by atoms with E-state index in [4.69, 9.17) is 16.3 Å². The van der Waals surface area contributed by atoms with Gasteiger partial charge in [0.2, 0.25) is 5.91 Å². The highest BCUT2D eigenvalue weighted by Gasteiger charge is 2.34. The van der Waals surface area contributed by atoms with Crippen molar-refractivity contribution in [3.8, 4) is 5.75 Å². The fourth-order valence-corrected chi connectivity index (χ4v) is 5.28. The monoisotopic (exact) mass is 600 g/mol. The Kier molecular flexibility index (Phi) is 10.6. The van der Waals surface area contributed by atoms with Gasteiger partial charge in [-0.25, -0.2) is 12.8 Å². The van der Waals surface area contributed by atoms with E-state index in [2.05, 4.69) is 5.32 Å². The van der Waals surface area contributed by atoms with Gasteiger partial charge in [-0.3, -0.25) is 9.69 Å². The molecule has 0 heterocycles. The highest BCUT2D eigenvalue weighted by Crippen LogP contribution is 2.36. The fraction of sp³-hybridized carbons (Fsp3) is 0.321. The van der Waals surface area contributed by atoms with E-state index in [-0.39, 0.29) is 35.5 Å². The highest BCUT2D eigenvalue weighted by molar-refractivity contribution is 7.90. The summed E-state index contributed by atoms with van der Waals surface area (Å²) in [6.07, 6.45) is -3.08. The lowest BCUT2D eigenvalue weighted by molar-refractivity contribution is -0.137. The van der Waals surface area contributed by atoms with Crippen LogP contribution in [0.3, 0.4) is 0 Å². The Morgan fingerprint density at radius 2 is 1.73 bits per heavy atom. The normalized spacial score (nSPS) is 12.0. The molecule has 1 N–H and O–H groups in total. The van der Waals surface area contributed by atoms with E-state index in [1.54, 1.807) is 24.3 Å². The lowest BCUT2D eigenvalue weighted by Gasteiger charge is -2.24. The van der Waals surface area contributed by atoms with Crippen molar-refractivity contribution in [1.82, 2.24) is 10.2 Å². The first-order chi connectivity index (χ1) is 18.7. The van der Waals surface area contributed by atoms with Gasteiger partial charge in [0.1, 0.15) is 11.6 Å². The Bertz CT molecular complexity index is 1430. The van der Waals surface area contributed by atoms with Crippen molar-refractivity contribution in [3.05, 3.63) is 93.8 Å². The van der Waals surface area contributed by atoms with Crippen molar-refractivity contribution in [2.45, 2.75) is 44.1 Å². The Balaban J connectivity index is 1.72. The smallest absolute Gasteiger partial charge is 0.417 e. The molecule has 0 atom stereocenters. The molecule has 0 aliphatic carbocycles. The van der Waals surface area contributed by atoms with Crippen molar-refractivity contribution < 1.29 is 35.5 Å². The van der Waals surface area contributed by atoms with Crippen molar-refractivity contribution in [2.24, 2.45) is 0 Å². The van der Waals surface area contributed by atoms with Gasteiger partial charge in [0, 0.05) is 39.4 Å². The lowest BCUT2D eigenvalue weighted by atomic mass is 10.1. The molecule has 0 aliphatic heterocycles. The molecule has 40 heavy (non-hydrogen) atoms. The number of alkyl halides is 3. The molecule has 0 bridgehead atoms. The molecule has 6 nitrogen and oxygen atoms in total. The second kappa shape index (κ2) is 13.5. The zero-order chi connectivity index (χ0) is 29.5. The number of benzene rings is 3. The summed E-state index contributed by atoms with van der Waals surface area (Å²) in [6.45, 7) is 2.39. The van der Waals surface area contributed by atoms with Gasteiger partial charge >= 0.3 is 6.18 Å². The van der Waals surface area contributed by atoms with Crippen LogP contribution in [0.4, 0.5) is 17.6 Å². The summed E-state index contributed by atoms with van der Waals surface area (Å²) < 4.78 is 83.8. The fourth-order valence-electron chi connectivity index (χ4n) is 4.04. The number of nitrogens with one attached hydrogen (secondary N) is 1. The summed E-state index contributed by atoms with van der Waals surface area (Å²) in [7, 11) is -3.60. The van der Waals surface area contributed by atoms with Crippen LogP contribution in [-0.2, 0) is 40.4 Å². The number of amides is 1. The van der Waals surface area contributed by atoms with Crippen LogP contribution in [0.25, 0.3) is 0 Å². The first-order valence-electron chi connectivity index (χ1n) is 12.3. The first kappa shape index (κ1) is 31.4. The number of carbonyl (C=O) groups excluding carboxylic acids is 1. The minimum atomic E-state index is -4.59. The van der Waals surface area contributed by atoms with Gasteiger partial charge in [0.15, 0.2) is 9.84 Å². The molecule has 0 unspecified atom stereocenters. The Morgan fingerprint density at radius 3 is 2.35 bits per heavy atom. The molecule has 12 heteroatoms. The molecule has 0 fully saturated rings. The van der Waals surface area contributed by atoms with Gasteiger partial charge in [-0.2, -0.15) is 13.2 Å². The number of rotatable bonds is 12. The summed E-state index contributed by atoms with van der Waals surface area (Å²) >= 11 is 6.11. The van der Waals surface area contributed by atoms with Gasteiger partial charge in [-0.15, -0.1) is 0 Å². The summed E-state index contributed by atoms with van der Waals surface area (Å²) in [5.41, 5.74) is 0.568. The minimum absolute atomic E-state index is 0.0378. The molecule has 3 aromatic rings. The molecule has 0 saturated carbocycles. The Labute approximate surface area is 235 Å². The predicted molar refractivity (Wildman–Crippen MR) is 144 cm³/mol. The maximum Gasteiger partial charge on any atom is 0.417 e. The van der Waals surface area contributed by atoms with E-state index >= 15 is 0 Å². The molecule has 3 aromatic carbocycles. The van der Waals surface area contributed by atoms with Crippen molar-refractivity contribution in [3.63, 3.8) is 0 Å². The minimum Gasteiger partial charge on any atom is -0.494 e. The van der Waals surface area contributed by atoms with Gasteiger partial charge in [-0.05, 0) is 53.4 Å². The maximum absolute atomic E-state index is 13.4. The van der Waals surface area contributed by atoms with Crippen LogP contribution in [0.5, 0.6) is 5.75 Å².